The zero-order valence-electron chi connectivity index (χ0n) is 11.1. The molecular weight excluding hydrogens is 316 g/mol. The van der Waals surface area contributed by atoms with Crippen LogP contribution in [0.3, 0.4) is 0 Å². The van der Waals surface area contributed by atoms with Crippen LogP contribution in [0, 0.1) is 5.82 Å². The van der Waals surface area contributed by atoms with Gasteiger partial charge in [0.05, 0.1) is 17.3 Å². The first-order chi connectivity index (χ1) is 10.0. The molecule has 0 heterocycles. The fraction of sp³-hybridized carbons (Fsp3) is 0.417. The summed E-state index contributed by atoms with van der Waals surface area (Å²) in [6.07, 6.45) is -8.90. The third-order valence-corrected chi connectivity index (χ3v) is 2.81. The Hall–Kier alpha value is -2.13. The lowest BCUT2D eigenvalue weighted by atomic mass is 9.93. The molecule has 0 saturated carbocycles. The number of anilines is 2. The molecule has 0 aromatic heterocycles. The highest BCUT2D eigenvalue weighted by atomic mass is 19.4. The van der Waals surface area contributed by atoms with E-state index in [-0.39, 0.29) is 5.69 Å². The van der Waals surface area contributed by atoms with Gasteiger partial charge in [0.15, 0.2) is 5.82 Å². The molecule has 0 radical (unpaired) electrons. The Labute approximate surface area is 121 Å². The second kappa shape index (κ2) is 6.75. The molecule has 22 heavy (non-hydrogen) atoms. The van der Waals surface area contributed by atoms with Gasteiger partial charge in [-0.1, -0.05) is 6.07 Å². The summed E-state index contributed by atoms with van der Waals surface area (Å²) in [5, 5.41) is 1.45. The van der Waals surface area contributed by atoms with Crippen LogP contribution in [0.5, 0.6) is 0 Å². The minimum Gasteiger partial charge on any atom is -0.397 e. The Morgan fingerprint density at radius 1 is 1.23 bits per heavy atom. The van der Waals surface area contributed by atoms with Crippen molar-refractivity contribution < 1.29 is 31.1 Å². The van der Waals surface area contributed by atoms with E-state index in [1.165, 1.54) is 5.32 Å². The number of alkyl halides is 5. The van der Waals surface area contributed by atoms with E-state index in [9.17, 15) is 31.1 Å². The van der Waals surface area contributed by atoms with Gasteiger partial charge >= 0.3 is 6.18 Å². The van der Waals surface area contributed by atoms with Crippen molar-refractivity contribution in [1.82, 2.24) is 5.32 Å². The van der Waals surface area contributed by atoms with Crippen LogP contribution in [0.2, 0.25) is 0 Å². The van der Waals surface area contributed by atoms with E-state index < -0.39 is 54.5 Å². The SMILES string of the molecule is Nc1ccc(C(CC(F)F)C(=O)NCC(F)(F)F)c(F)c1N. The van der Waals surface area contributed by atoms with E-state index >= 15 is 0 Å². The maximum absolute atomic E-state index is 13.9. The van der Waals surface area contributed by atoms with E-state index in [1.54, 1.807) is 0 Å². The monoisotopic (exact) mass is 329 g/mol. The normalized spacial score (nSPS) is 13.2. The highest BCUT2D eigenvalue weighted by Crippen LogP contribution is 2.31. The quantitative estimate of drug-likeness (QED) is 0.573. The maximum atomic E-state index is 13.9. The molecule has 0 bridgehead atoms. The fourth-order valence-electron chi connectivity index (χ4n) is 1.76. The zero-order chi connectivity index (χ0) is 17.1. The minimum atomic E-state index is -4.72. The Morgan fingerprint density at radius 3 is 2.32 bits per heavy atom. The molecule has 124 valence electrons. The van der Waals surface area contributed by atoms with Crippen LogP contribution in [0.4, 0.5) is 37.7 Å². The standard InChI is InChI=1S/C12H13F6N3O/c13-8(14)3-6(11(22)21-4-12(16,17)18)5-1-2-7(19)10(20)9(5)15/h1-2,6,8H,3-4,19-20H2,(H,21,22). The summed E-state index contributed by atoms with van der Waals surface area (Å²) in [7, 11) is 0. The first kappa shape index (κ1) is 17.9. The van der Waals surface area contributed by atoms with E-state index in [4.69, 9.17) is 11.5 Å². The molecule has 1 rings (SSSR count). The highest BCUT2D eigenvalue weighted by molar-refractivity contribution is 5.84. The molecule has 1 aromatic rings. The van der Waals surface area contributed by atoms with Crippen molar-refractivity contribution in [3.8, 4) is 0 Å². The number of halogens is 6. The largest absolute Gasteiger partial charge is 0.405 e. The van der Waals surface area contributed by atoms with Crippen molar-refractivity contribution in [3.05, 3.63) is 23.5 Å². The highest BCUT2D eigenvalue weighted by Gasteiger charge is 2.32. The maximum Gasteiger partial charge on any atom is 0.405 e. The van der Waals surface area contributed by atoms with Crippen LogP contribution in [-0.2, 0) is 4.79 Å². The Kier molecular flexibility index (Phi) is 5.50. The van der Waals surface area contributed by atoms with E-state index in [1.807, 2.05) is 0 Å². The van der Waals surface area contributed by atoms with Gasteiger partial charge in [0.2, 0.25) is 12.3 Å². The van der Waals surface area contributed by atoms with Crippen molar-refractivity contribution in [2.24, 2.45) is 0 Å². The number of nitrogens with one attached hydrogen (secondary N) is 1. The molecular formula is C12H13F6N3O. The number of carbonyl (C=O) groups excluding carboxylic acids is 1. The molecule has 1 unspecified atom stereocenters. The van der Waals surface area contributed by atoms with Crippen molar-refractivity contribution in [3.63, 3.8) is 0 Å². The Bertz CT molecular complexity index is 546. The summed E-state index contributed by atoms with van der Waals surface area (Å²) in [6, 6.07) is 2.03. The third-order valence-electron chi connectivity index (χ3n) is 2.81. The van der Waals surface area contributed by atoms with Crippen molar-refractivity contribution in [2.75, 3.05) is 18.0 Å². The number of hydrogen-bond acceptors (Lipinski definition) is 3. The smallest absolute Gasteiger partial charge is 0.397 e. The van der Waals surface area contributed by atoms with Gasteiger partial charge in [-0.15, -0.1) is 0 Å². The summed E-state index contributed by atoms with van der Waals surface area (Å²) >= 11 is 0. The molecule has 1 atom stereocenters. The van der Waals surface area contributed by atoms with Crippen molar-refractivity contribution in [2.45, 2.75) is 24.9 Å². The molecule has 0 spiro atoms. The summed E-state index contributed by atoms with van der Waals surface area (Å²) in [5.41, 5.74) is 9.35. The molecule has 1 aromatic carbocycles. The Balaban J connectivity index is 3.08. The van der Waals surface area contributed by atoms with Crippen molar-refractivity contribution in [1.29, 1.82) is 0 Å². The number of nitrogen functional groups attached to an aromatic ring is 2. The first-order valence-corrected chi connectivity index (χ1v) is 5.99. The molecule has 0 aliphatic heterocycles. The molecule has 0 fully saturated rings. The second-order valence-electron chi connectivity index (χ2n) is 4.48. The second-order valence-corrected chi connectivity index (χ2v) is 4.48. The third kappa shape index (κ3) is 4.71. The lowest BCUT2D eigenvalue weighted by molar-refractivity contribution is -0.139. The number of nitrogens with two attached hydrogens (primary N) is 2. The minimum absolute atomic E-state index is 0.173. The van der Waals surface area contributed by atoms with E-state index in [2.05, 4.69) is 0 Å². The number of amides is 1. The topological polar surface area (TPSA) is 81.1 Å². The van der Waals surface area contributed by atoms with Crippen LogP contribution in [0.1, 0.15) is 17.9 Å². The van der Waals surface area contributed by atoms with E-state index in [0.29, 0.717) is 0 Å². The van der Waals surface area contributed by atoms with Gasteiger partial charge in [0, 0.05) is 12.0 Å². The van der Waals surface area contributed by atoms with Gasteiger partial charge in [0.1, 0.15) is 6.54 Å². The average Bonchev–Trinajstić information content (AvgIpc) is 2.39. The summed E-state index contributed by atoms with van der Waals surface area (Å²) in [4.78, 5) is 11.7. The number of carbonyl (C=O) groups is 1. The van der Waals surface area contributed by atoms with Gasteiger partial charge in [-0.3, -0.25) is 4.79 Å². The first-order valence-electron chi connectivity index (χ1n) is 5.99. The number of rotatable bonds is 5. The molecule has 0 aliphatic carbocycles. The van der Waals surface area contributed by atoms with Gasteiger partial charge in [-0.05, 0) is 6.07 Å². The van der Waals surface area contributed by atoms with Gasteiger partial charge in [-0.25, -0.2) is 13.2 Å². The molecule has 0 aliphatic rings. The predicted octanol–water partition coefficient (Wildman–Crippen LogP) is 2.41. The molecule has 4 nitrogen and oxygen atoms in total. The van der Waals surface area contributed by atoms with Crippen LogP contribution < -0.4 is 16.8 Å². The van der Waals surface area contributed by atoms with E-state index in [0.717, 1.165) is 12.1 Å². The van der Waals surface area contributed by atoms with Crippen LogP contribution in [-0.4, -0.2) is 25.1 Å². The summed E-state index contributed by atoms with van der Waals surface area (Å²) in [5.74, 6) is -4.39. The van der Waals surface area contributed by atoms with Gasteiger partial charge in [-0.2, -0.15) is 13.2 Å². The molecule has 0 saturated heterocycles. The van der Waals surface area contributed by atoms with Crippen LogP contribution in [0.25, 0.3) is 0 Å². The summed E-state index contributed by atoms with van der Waals surface area (Å²) < 4.78 is 75.2. The Morgan fingerprint density at radius 2 is 1.82 bits per heavy atom. The lowest BCUT2D eigenvalue weighted by Gasteiger charge is -2.19. The predicted molar refractivity (Wildman–Crippen MR) is 67.7 cm³/mol. The lowest BCUT2D eigenvalue weighted by Crippen LogP contribution is -2.37. The average molecular weight is 329 g/mol. The molecule has 1 amide bonds. The number of benzene rings is 1. The molecule has 10 heteroatoms. The fourth-order valence-corrected chi connectivity index (χ4v) is 1.76. The zero-order valence-corrected chi connectivity index (χ0v) is 11.1. The molecule has 5 N–H and O–H groups in total. The van der Waals surface area contributed by atoms with Gasteiger partial charge < -0.3 is 16.8 Å². The van der Waals surface area contributed by atoms with Gasteiger partial charge in [0.25, 0.3) is 0 Å². The van der Waals surface area contributed by atoms with Crippen LogP contribution >= 0.6 is 0 Å². The van der Waals surface area contributed by atoms with Crippen LogP contribution in [0.15, 0.2) is 12.1 Å². The summed E-state index contributed by atoms with van der Waals surface area (Å²) in [6.45, 7) is -1.71. The van der Waals surface area contributed by atoms with Crippen molar-refractivity contribution >= 4 is 17.3 Å². The number of hydrogen-bond donors (Lipinski definition) is 3.